The summed E-state index contributed by atoms with van der Waals surface area (Å²) in [6.07, 6.45) is 1.49. The first-order valence-electron chi connectivity index (χ1n) is 5.46. The summed E-state index contributed by atoms with van der Waals surface area (Å²) >= 11 is 3.38. The summed E-state index contributed by atoms with van der Waals surface area (Å²) in [5.74, 6) is 0.211. The fourth-order valence-electron chi connectivity index (χ4n) is 1.56. The van der Waals surface area contributed by atoms with Crippen molar-refractivity contribution < 1.29 is 0 Å². The lowest BCUT2D eigenvalue weighted by Crippen LogP contribution is -1.96. The molecule has 98 valence electrons. The lowest BCUT2D eigenvalue weighted by molar-refractivity contribution is 0.881. The molecule has 7 nitrogen and oxygen atoms in total. The van der Waals surface area contributed by atoms with Gasteiger partial charge in [-0.3, -0.25) is 0 Å². The van der Waals surface area contributed by atoms with Crippen molar-refractivity contribution in [3.8, 4) is 12.1 Å². The van der Waals surface area contributed by atoms with E-state index in [0.717, 1.165) is 15.7 Å². The van der Waals surface area contributed by atoms with Gasteiger partial charge in [0.05, 0.1) is 17.3 Å². The number of tetrazole rings is 1. The van der Waals surface area contributed by atoms with Crippen molar-refractivity contribution in [2.24, 2.45) is 0 Å². The van der Waals surface area contributed by atoms with Gasteiger partial charge in [0.25, 0.3) is 0 Å². The normalized spacial score (nSPS) is 10.7. The summed E-state index contributed by atoms with van der Waals surface area (Å²) in [6, 6.07) is 7.51. The monoisotopic (exact) mass is 329 g/mol. The maximum atomic E-state index is 9.06. The van der Waals surface area contributed by atoms with Crippen LogP contribution in [0.25, 0.3) is 5.57 Å². The summed E-state index contributed by atoms with van der Waals surface area (Å²) in [4.78, 5) is 0. The number of hydrogen-bond acceptors (Lipinski definition) is 6. The summed E-state index contributed by atoms with van der Waals surface area (Å²) in [6.45, 7) is 1.86. The maximum Gasteiger partial charge on any atom is 0.216 e. The molecule has 2 N–H and O–H groups in total. The lowest BCUT2D eigenvalue weighted by atomic mass is 10.1. The molecule has 0 aliphatic carbocycles. The van der Waals surface area contributed by atoms with E-state index in [1.165, 1.54) is 6.20 Å². The average molecular weight is 330 g/mol. The van der Waals surface area contributed by atoms with E-state index >= 15 is 0 Å². The van der Waals surface area contributed by atoms with Crippen LogP contribution in [-0.2, 0) is 0 Å². The van der Waals surface area contributed by atoms with Gasteiger partial charge in [0.1, 0.15) is 11.6 Å². The van der Waals surface area contributed by atoms with Crippen LogP contribution < -0.4 is 5.32 Å². The molecular formula is C12H8BrN7. The van der Waals surface area contributed by atoms with Crippen molar-refractivity contribution >= 4 is 27.2 Å². The number of rotatable bonds is 3. The Hall–Kier alpha value is -2.71. The molecular weight excluding hydrogens is 322 g/mol. The third-order valence-electron chi connectivity index (χ3n) is 2.48. The highest BCUT2D eigenvalue weighted by molar-refractivity contribution is 9.10. The molecule has 0 aliphatic heterocycles. The average Bonchev–Trinajstić information content (AvgIpc) is 2.95. The minimum atomic E-state index is 0.211. The number of nitrogens with zero attached hydrogens (tertiary/aromatic N) is 5. The van der Waals surface area contributed by atoms with E-state index < -0.39 is 0 Å². The van der Waals surface area contributed by atoms with Gasteiger partial charge in [-0.1, -0.05) is 0 Å². The minimum Gasteiger partial charge on any atom is -0.359 e. The second-order valence-corrected chi connectivity index (χ2v) is 4.67. The van der Waals surface area contributed by atoms with Crippen molar-refractivity contribution in [1.82, 2.24) is 20.6 Å². The quantitative estimate of drug-likeness (QED) is 0.833. The van der Waals surface area contributed by atoms with Crippen molar-refractivity contribution in [2.45, 2.75) is 6.92 Å². The van der Waals surface area contributed by atoms with Crippen LogP contribution in [0.15, 0.2) is 22.8 Å². The molecule has 0 bridgehead atoms. The zero-order valence-electron chi connectivity index (χ0n) is 10.3. The Morgan fingerprint density at radius 2 is 2.25 bits per heavy atom. The first-order valence-corrected chi connectivity index (χ1v) is 6.26. The molecule has 1 aromatic heterocycles. The van der Waals surface area contributed by atoms with E-state index in [1.807, 2.05) is 13.0 Å². The molecule has 8 heteroatoms. The molecule has 0 spiro atoms. The summed E-state index contributed by atoms with van der Waals surface area (Å²) in [5, 5.41) is 34.1. The number of nitriles is 2. The lowest BCUT2D eigenvalue weighted by Gasteiger charge is -2.09. The van der Waals surface area contributed by atoms with Crippen molar-refractivity contribution in [1.29, 1.82) is 10.5 Å². The van der Waals surface area contributed by atoms with Crippen LogP contribution in [-0.4, -0.2) is 20.6 Å². The largest absolute Gasteiger partial charge is 0.359 e. The number of aromatic amines is 1. The number of halogens is 1. The van der Waals surface area contributed by atoms with Gasteiger partial charge in [-0.15, -0.1) is 10.2 Å². The Balaban J connectivity index is 2.32. The smallest absolute Gasteiger partial charge is 0.216 e. The van der Waals surface area contributed by atoms with Gasteiger partial charge >= 0.3 is 0 Å². The van der Waals surface area contributed by atoms with Gasteiger partial charge in [0.2, 0.25) is 5.82 Å². The second kappa shape index (κ2) is 5.95. The summed E-state index contributed by atoms with van der Waals surface area (Å²) in [7, 11) is 0. The first kappa shape index (κ1) is 13.7. The van der Waals surface area contributed by atoms with Crippen LogP contribution in [0.3, 0.4) is 0 Å². The Morgan fingerprint density at radius 3 is 2.80 bits per heavy atom. The van der Waals surface area contributed by atoms with E-state index in [4.69, 9.17) is 10.5 Å². The highest BCUT2D eigenvalue weighted by Gasteiger charge is 2.08. The van der Waals surface area contributed by atoms with E-state index in [0.29, 0.717) is 5.56 Å². The van der Waals surface area contributed by atoms with Crippen LogP contribution >= 0.6 is 15.9 Å². The summed E-state index contributed by atoms with van der Waals surface area (Å²) < 4.78 is 0.732. The standard InChI is InChI=1S/C12H8BrN7/c1-7-2-8(4-14)3-10(13)11(7)16-6-9(5-15)12-17-19-20-18-12/h2-3,6,16H,1H3,(H,17,18,19,20). The summed E-state index contributed by atoms with van der Waals surface area (Å²) in [5.41, 5.74) is 2.44. The Kier molecular flexibility index (Phi) is 4.08. The van der Waals surface area contributed by atoms with Gasteiger partial charge in [-0.05, 0) is 45.8 Å². The number of aromatic nitrogens is 4. The molecule has 20 heavy (non-hydrogen) atoms. The molecule has 2 aromatic rings. The molecule has 0 amide bonds. The van der Waals surface area contributed by atoms with Crippen LogP contribution in [0.4, 0.5) is 5.69 Å². The molecule has 2 rings (SSSR count). The molecule has 1 heterocycles. The van der Waals surface area contributed by atoms with Gasteiger partial charge in [-0.25, -0.2) is 0 Å². The van der Waals surface area contributed by atoms with Gasteiger partial charge in [0.15, 0.2) is 0 Å². The van der Waals surface area contributed by atoms with E-state index in [2.05, 4.69) is 47.9 Å². The van der Waals surface area contributed by atoms with E-state index in [9.17, 15) is 0 Å². The van der Waals surface area contributed by atoms with E-state index in [-0.39, 0.29) is 11.4 Å². The fraction of sp³-hybridized carbons (Fsp3) is 0.0833. The maximum absolute atomic E-state index is 9.06. The molecule has 0 saturated carbocycles. The van der Waals surface area contributed by atoms with Crippen molar-refractivity contribution in [3.63, 3.8) is 0 Å². The van der Waals surface area contributed by atoms with Gasteiger partial charge in [-0.2, -0.15) is 15.7 Å². The predicted octanol–water partition coefficient (Wildman–Crippen LogP) is 2.12. The zero-order chi connectivity index (χ0) is 14.5. The molecule has 0 fully saturated rings. The zero-order valence-corrected chi connectivity index (χ0v) is 11.9. The van der Waals surface area contributed by atoms with Crippen LogP contribution in [0.2, 0.25) is 0 Å². The fourth-order valence-corrected chi connectivity index (χ4v) is 2.23. The second-order valence-electron chi connectivity index (χ2n) is 3.81. The highest BCUT2D eigenvalue weighted by Crippen LogP contribution is 2.28. The number of H-pyrrole nitrogens is 1. The molecule has 0 aliphatic rings. The first-order chi connectivity index (χ1) is 9.65. The molecule has 1 aromatic carbocycles. The predicted molar refractivity (Wildman–Crippen MR) is 75.0 cm³/mol. The topological polar surface area (TPSA) is 114 Å². The highest BCUT2D eigenvalue weighted by atomic mass is 79.9. The third-order valence-corrected chi connectivity index (χ3v) is 3.11. The number of nitrogens with one attached hydrogen (secondary N) is 2. The third kappa shape index (κ3) is 2.82. The van der Waals surface area contributed by atoms with Crippen molar-refractivity contribution in [3.05, 3.63) is 39.8 Å². The number of anilines is 1. The minimum absolute atomic E-state index is 0.211. The van der Waals surface area contributed by atoms with Gasteiger partial charge in [0, 0.05) is 10.7 Å². The van der Waals surface area contributed by atoms with Crippen molar-refractivity contribution in [2.75, 3.05) is 5.32 Å². The molecule has 0 radical (unpaired) electrons. The number of benzene rings is 1. The van der Waals surface area contributed by atoms with Crippen LogP contribution in [0, 0.1) is 29.6 Å². The molecule has 0 saturated heterocycles. The van der Waals surface area contributed by atoms with Crippen LogP contribution in [0.1, 0.15) is 17.0 Å². The number of hydrogen-bond donors (Lipinski definition) is 2. The Labute approximate surface area is 123 Å². The molecule has 0 unspecified atom stereocenters. The van der Waals surface area contributed by atoms with Crippen LogP contribution in [0.5, 0.6) is 0 Å². The SMILES string of the molecule is Cc1cc(C#N)cc(Br)c1NC=C(C#N)c1nn[nH]n1. The Bertz CT molecular complexity index is 711. The Morgan fingerprint density at radius 1 is 1.45 bits per heavy atom. The van der Waals surface area contributed by atoms with Gasteiger partial charge < -0.3 is 5.32 Å². The van der Waals surface area contributed by atoms with E-state index in [1.54, 1.807) is 12.1 Å². The molecule has 0 atom stereocenters. The number of allylic oxidation sites excluding steroid dienone is 1. The number of aryl methyl sites for hydroxylation is 1.